The number of aromatic amines is 1. The standard InChI is InChI=1S/C18H18N2O2/c1-22-16-5-2-13(3-6-16)8-10-20-18(21)15-4-7-17-14(12-15)9-11-19-17/h2-7,9,11-12,19H,8,10H2,1H3,(H,20,21). The summed E-state index contributed by atoms with van der Waals surface area (Å²) in [5.41, 5.74) is 2.89. The minimum Gasteiger partial charge on any atom is -0.497 e. The first-order valence-corrected chi connectivity index (χ1v) is 7.24. The molecule has 4 heteroatoms. The van der Waals surface area contributed by atoms with Gasteiger partial charge in [-0.25, -0.2) is 0 Å². The Bertz CT molecular complexity index is 775. The maximum atomic E-state index is 12.2. The number of aromatic nitrogens is 1. The molecule has 0 fully saturated rings. The lowest BCUT2D eigenvalue weighted by Gasteiger charge is -2.06. The van der Waals surface area contributed by atoms with Crippen LogP contribution in [-0.2, 0) is 6.42 Å². The summed E-state index contributed by atoms with van der Waals surface area (Å²) < 4.78 is 5.13. The van der Waals surface area contributed by atoms with Gasteiger partial charge in [-0.3, -0.25) is 4.79 Å². The van der Waals surface area contributed by atoms with Crippen LogP contribution in [0.5, 0.6) is 5.75 Å². The van der Waals surface area contributed by atoms with Gasteiger partial charge >= 0.3 is 0 Å². The SMILES string of the molecule is COc1ccc(CCNC(=O)c2ccc3[nH]ccc3c2)cc1. The highest BCUT2D eigenvalue weighted by Gasteiger charge is 2.06. The number of benzene rings is 2. The van der Waals surface area contributed by atoms with Crippen molar-refractivity contribution in [2.24, 2.45) is 0 Å². The second-order valence-electron chi connectivity index (χ2n) is 5.13. The van der Waals surface area contributed by atoms with E-state index in [-0.39, 0.29) is 5.91 Å². The van der Waals surface area contributed by atoms with Gasteiger partial charge in [0.2, 0.25) is 0 Å². The van der Waals surface area contributed by atoms with Gasteiger partial charge in [0.1, 0.15) is 5.75 Å². The first-order valence-electron chi connectivity index (χ1n) is 7.24. The molecule has 0 atom stereocenters. The molecule has 112 valence electrons. The van der Waals surface area contributed by atoms with Crippen LogP contribution in [-0.4, -0.2) is 24.5 Å². The summed E-state index contributed by atoms with van der Waals surface area (Å²) in [7, 11) is 1.65. The number of methoxy groups -OCH3 is 1. The molecule has 1 aromatic heterocycles. The van der Waals surface area contributed by atoms with Crippen molar-refractivity contribution >= 4 is 16.8 Å². The van der Waals surface area contributed by atoms with Crippen LogP contribution in [0.2, 0.25) is 0 Å². The number of hydrogen-bond donors (Lipinski definition) is 2. The minimum atomic E-state index is -0.0448. The Balaban J connectivity index is 1.57. The molecule has 3 aromatic rings. The lowest BCUT2D eigenvalue weighted by molar-refractivity contribution is 0.0954. The van der Waals surface area contributed by atoms with Gasteiger partial charge in [-0.05, 0) is 48.4 Å². The Hall–Kier alpha value is -2.75. The smallest absolute Gasteiger partial charge is 0.251 e. The van der Waals surface area contributed by atoms with E-state index in [1.54, 1.807) is 7.11 Å². The van der Waals surface area contributed by atoms with E-state index in [2.05, 4.69) is 10.3 Å². The van der Waals surface area contributed by atoms with Crippen molar-refractivity contribution in [3.8, 4) is 5.75 Å². The van der Waals surface area contributed by atoms with Gasteiger partial charge in [-0.2, -0.15) is 0 Å². The lowest BCUT2D eigenvalue weighted by atomic mass is 10.1. The van der Waals surface area contributed by atoms with Crippen LogP contribution in [0.1, 0.15) is 15.9 Å². The molecule has 0 aliphatic carbocycles. The Morgan fingerprint density at radius 3 is 2.73 bits per heavy atom. The van der Waals surface area contributed by atoms with Crippen LogP contribution < -0.4 is 10.1 Å². The Labute approximate surface area is 129 Å². The number of carbonyl (C=O) groups excluding carboxylic acids is 1. The quantitative estimate of drug-likeness (QED) is 0.759. The third-order valence-corrected chi connectivity index (χ3v) is 3.67. The van der Waals surface area contributed by atoms with E-state index in [1.807, 2.05) is 54.7 Å². The molecular formula is C18H18N2O2. The number of amides is 1. The first kappa shape index (κ1) is 14.2. The zero-order valence-electron chi connectivity index (χ0n) is 12.4. The van der Waals surface area contributed by atoms with Crippen molar-refractivity contribution in [1.29, 1.82) is 0 Å². The number of fused-ring (bicyclic) bond motifs is 1. The summed E-state index contributed by atoms with van der Waals surface area (Å²) in [5.74, 6) is 0.796. The molecule has 0 aliphatic rings. The van der Waals surface area contributed by atoms with Crippen LogP contribution in [0.15, 0.2) is 54.7 Å². The summed E-state index contributed by atoms with van der Waals surface area (Å²) in [4.78, 5) is 15.3. The molecule has 4 nitrogen and oxygen atoms in total. The van der Waals surface area contributed by atoms with E-state index in [0.717, 1.165) is 23.1 Å². The molecule has 0 spiro atoms. The fourth-order valence-electron chi connectivity index (χ4n) is 2.41. The molecule has 0 radical (unpaired) electrons. The van der Waals surface area contributed by atoms with E-state index in [0.29, 0.717) is 12.1 Å². The van der Waals surface area contributed by atoms with Crippen LogP contribution in [0.25, 0.3) is 10.9 Å². The lowest BCUT2D eigenvalue weighted by Crippen LogP contribution is -2.25. The van der Waals surface area contributed by atoms with Gasteiger partial charge in [0.05, 0.1) is 7.11 Å². The molecule has 0 saturated heterocycles. The summed E-state index contributed by atoms with van der Waals surface area (Å²) in [5, 5.41) is 4.00. The normalized spacial score (nSPS) is 10.6. The van der Waals surface area contributed by atoms with Crippen molar-refractivity contribution in [3.63, 3.8) is 0 Å². The number of carbonyl (C=O) groups is 1. The van der Waals surface area contributed by atoms with E-state index in [9.17, 15) is 4.79 Å². The summed E-state index contributed by atoms with van der Waals surface area (Å²) in [6.45, 7) is 0.607. The van der Waals surface area contributed by atoms with Gasteiger partial charge in [0.15, 0.2) is 0 Å². The molecule has 2 aromatic carbocycles. The highest BCUT2D eigenvalue weighted by molar-refractivity contribution is 5.98. The number of hydrogen-bond acceptors (Lipinski definition) is 2. The summed E-state index contributed by atoms with van der Waals surface area (Å²) in [6.07, 6.45) is 2.66. The molecule has 22 heavy (non-hydrogen) atoms. The van der Waals surface area contributed by atoms with E-state index >= 15 is 0 Å². The first-order chi connectivity index (χ1) is 10.8. The minimum absolute atomic E-state index is 0.0448. The predicted octanol–water partition coefficient (Wildman–Crippen LogP) is 3.15. The Morgan fingerprint density at radius 1 is 1.14 bits per heavy atom. The number of rotatable bonds is 5. The monoisotopic (exact) mass is 294 g/mol. The van der Waals surface area contributed by atoms with Gasteiger partial charge in [0.25, 0.3) is 5.91 Å². The third kappa shape index (κ3) is 3.11. The molecule has 1 heterocycles. The van der Waals surface area contributed by atoms with Gasteiger partial charge < -0.3 is 15.0 Å². The highest BCUT2D eigenvalue weighted by atomic mass is 16.5. The van der Waals surface area contributed by atoms with Gasteiger partial charge in [0, 0.05) is 29.2 Å². The van der Waals surface area contributed by atoms with Crippen LogP contribution in [0.3, 0.4) is 0 Å². The molecule has 0 saturated carbocycles. The van der Waals surface area contributed by atoms with Gasteiger partial charge in [-0.15, -0.1) is 0 Å². The average Bonchev–Trinajstić information content (AvgIpc) is 3.03. The molecule has 0 aliphatic heterocycles. The number of nitrogens with one attached hydrogen (secondary N) is 2. The molecule has 2 N–H and O–H groups in total. The van der Waals surface area contributed by atoms with E-state index in [1.165, 1.54) is 5.56 Å². The van der Waals surface area contributed by atoms with Crippen LogP contribution in [0, 0.1) is 0 Å². The maximum Gasteiger partial charge on any atom is 0.251 e. The van der Waals surface area contributed by atoms with Crippen LogP contribution >= 0.6 is 0 Å². The van der Waals surface area contributed by atoms with Crippen molar-refractivity contribution < 1.29 is 9.53 Å². The zero-order chi connectivity index (χ0) is 15.4. The van der Waals surface area contributed by atoms with Crippen molar-refractivity contribution in [1.82, 2.24) is 10.3 Å². The predicted molar refractivity (Wildman–Crippen MR) is 87.3 cm³/mol. The summed E-state index contributed by atoms with van der Waals surface area (Å²) >= 11 is 0. The molecule has 3 rings (SSSR count). The highest BCUT2D eigenvalue weighted by Crippen LogP contribution is 2.14. The number of H-pyrrole nitrogens is 1. The molecular weight excluding hydrogens is 276 g/mol. The Morgan fingerprint density at radius 2 is 1.95 bits per heavy atom. The topological polar surface area (TPSA) is 54.1 Å². The largest absolute Gasteiger partial charge is 0.497 e. The Kier molecular flexibility index (Phi) is 4.10. The van der Waals surface area contributed by atoms with Crippen molar-refractivity contribution in [3.05, 3.63) is 65.9 Å². The fraction of sp³-hybridized carbons (Fsp3) is 0.167. The second kappa shape index (κ2) is 6.35. The zero-order valence-corrected chi connectivity index (χ0v) is 12.4. The summed E-state index contributed by atoms with van der Waals surface area (Å²) in [6, 6.07) is 15.5. The number of ether oxygens (including phenoxy) is 1. The molecule has 0 unspecified atom stereocenters. The fourth-order valence-corrected chi connectivity index (χ4v) is 2.41. The van der Waals surface area contributed by atoms with E-state index in [4.69, 9.17) is 4.74 Å². The second-order valence-corrected chi connectivity index (χ2v) is 5.13. The van der Waals surface area contributed by atoms with E-state index < -0.39 is 0 Å². The van der Waals surface area contributed by atoms with Gasteiger partial charge in [-0.1, -0.05) is 12.1 Å². The van der Waals surface area contributed by atoms with Crippen molar-refractivity contribution in [2.45, 2.75) is 6.42 Å². The molecule has 0 bridgehead atoms. The average molecular weight is 294 g/mol. The molecule has 1 amide bonds. The third-order valence-electron chi connectivity index (χ3n) is 3.67. The van der Waals surface area contributed by atoms with Crippen molar-refractivity contribution in [2.75, 3.05) is 13.7 Å². The maximum absolute atomic E-state index is 12.2. The van der Waals surface area contributed by atoms with Crippen LogP contribution in [0.4, 0.5) is 0 Å².